The van der Waals surface area contributed by atoms with Crippen LogP contribution in [0.5, 0.6) is 17.2 Å². The molecular weight excluding hydrogens is 376 g/mol. The summed E-state index contributed by atoms with van der Waals surface area (Å²) in [6.07, 6.45) is 0. The van der Waals surface area contributed by atoms with E-state index in [1.807, 2.05) is 18.2 Å². The highest BCUT2D eigenvalue weighted by molar-refractivity contribution is 7.80. The molecule has 3 N–H and O–H groups in total. The van der Waals surface area contributed by atoms with Crippen LogP contribution in [0.4, 0.5) is 11.4 Å². The zero-order valence-electron chi connectivity index (χ0n) is 11.5. The molecule has 0 bridgehead atoms. The van der Waals surface area contributed by atoms with Crippen molar-refractivity contribution in [3.05, 3.63) is 36.4 Å². The lowest BCUT2D eigenvalue weighted by Crippen LogP contribution is -1.85. The van der Waals surface area contributed by atoms with Crippen molar-refractivity contribution in [2.45, 2.75) is 4.90 Å². The zero-order valence-corrected chi connectivity index (χ0v) is 17.0. The van der Waals surface area contributed by atoms with E-state index in [0.29, 0.717) is 11.4 Å². The lowest BCUT2D eigenvalue weighted by molar-refractivity contribution is 0.475. The Morgan fingerprint density at radius 1 is 0.864 bits per heavy atom. The van der Waals surface area contributed by atoms with Gasteiger partial charge in [-0.1, -0.05) is 12.1 Å². The van der Waals surface area contributed by atoms with E-state index in [4.69, 9.17) is 9.05 Å². The molecule has 0 aliphatic carbocycles. The van der Waals surface area contributed by atoms with E-state index in [1.165, 1.54) is 0 Å². The smallest absolute Gasteiger partial charge is 0.149 e. The molecule has 0 amide bonds. The molecule has 4 unspecified atom stereocenters. The van der Waals surface area contributed by atoms with Crippen LogP contribution in [0.3, 0.4) is 0 Å². The van der Waals surface area contributed by atoms with Crippen LogP contribution in [0.25, 0.3) is 0 Å². The molecular formula is C12H18N2O3P4S. The Bertz CT molecular complexity index is 565. The lowest BCUT2D eigenvalue weighted by atomic mass is 10.3. The van der Waals surface area contributed by atoms with Crippen LogP contribution < -0.4 is 19.2 Å². The van der Waals surface area contributed by atoms with Gasteiger partial charge in [0, 0.05) is 4.90 Å². The minimum Gasteiger partial charge on any atom is -0.506 e. The Hall–Kier alpha value is -0.490. The van der Waals surface area contributed by atoms with E-state index in [2.05, 4.69) is 60.5 Å². The number of benzene rings is 2. The quantitative estimate of drug-likeness (QED) is 0.357. The third kappa shape index (κ3) is 5.30. The molecule has 0 aliphatic rings. The fourth-order valence-corrected chi connectivity index (χ4v) is 2.89. The van der Waals surface area contributed by atoms with E-state index in [0.717, 1.165) is 16.3 Å². The highest BCUT2D eigenvalue weighted by atomic mass is 32.1. The van der Waals surface area contributed by atoms with Crippen LogP contribution in [-0.2, 0) is 0 Å². The first-order valence-corrected chi connectivity index (χ1v) is 8.44. The molecule has 0 radical (unpaired) electrons. The van der Waals surface area contributed by atoms with Crippen molar-refractivity contribution in [1.82, 2.24) is 0 Å². The van der Waals surface area contributed by atoms with Crippen molar-refractivity contribution in [3.8, 4) is 17.2 Å². The van der Waals surface area contributed by atoms with Gasteiger partial charge >= 0.3 is 0 Å². The van der Waals surface area contributed by atoms with Gasteiger partial charge in [0.2, 0.25) is 0 Å². The van der Waals surface area contributed by atoms with E-state index < -0.39 is 0 Å². The third-order valence-corrected chi connectivity index (χ3v) is 4.01. The normalized spacial score (nSPS) is 9.32. The Labute approximate surface area is 144 Å². The first kappa shape index (κ1) is 19.6. The molecule has 5 nitrogen and oxygen atoms in total. The molecule has 2 aromatic carbocycles. The number of phenolic OH excluding ortho intramolecular Hbond substituents is 1. The second kappa shape index (κ2) is 10.3. The summed E-state index contributed by atoms with van der Waals surface area (Å²) in [5.41, 5.74) is 1.43. The number of phenols is 1. The van der Waals surface area contributed by atoms with Gasteiger partial charge in [0.25, 0.3) is 0 Å². The van der Waals surface area contributed by atoms with Crippen molar-refractivity contribution in [1.29, 1.82) is 0 Å². The molecule has 120 valence electrons. The van der Waals surface area contributed by atoms with Crippen LogP contribution in [0.1, 0.15) is 0 Å². The molecule has 2 aromatic rings. The summed E-state index contributed by atoms with van der Waals surface area (Å²) in [6.45, 7) is 0. The van der Waals surface area contributed by atoms with Crippen molar-refractivity contribution < 1.29 is 14.2 Å². The SMILES string of the molecule is Oc1cccc(OP)c1NP.PNc1c(S)cccc1OP. The van der Waals surface area contributed by atoms with Gasteiger partial charge in [-0.25, -0.2) is 0 Å². The van der Waals surface area contributed by atoms with Gasteiger partial charge in [0.05, 0.1) is 24.6 Å². The molecule has 4 atom stereocenters. The average molecular weight is 394 g/mol. The summed E-state index contributed by atoms with van der Waals surface area (Å²) in [5, 5.41) is 14.9. The average Bonchev–Trinajstić information content (AvgIpc) is 2.54. The number of para-hydroxylation sites is 2. The number of hydrogen-bond donors (Lipinski definition) is 4. The molecule has 0 spiro atoms. The molecule has 0 fully saturated rings. The van der Waals surface area contributed by atoms with Crippen molar-refractivity contribution >= 4 is 61.7 Å². The van der Waals surface area contributed by atoms with Gasteiger partial charge in [-0.15, -0.1) is 12.6 Å². The van der Waals surface area contributed by atoms with Gasteiger partial charge < -0.3 is 24.3 Å². The number of hydrogen-bond acceptors (Lipinski definition) is 6. The van der Waals surface area contributed by atoms with Gasteiger partial charge in [0.1, 0.15) is 22.9 Å². The highest BCUT2D eigenvalue weighted by Crippen LogP contribution is 2.35. The van der Waals surface area contributed by atoms with Crippen molar-refractivity contribution in [3.63, 3.8) is 0 Å². The van der Waals surface area contributed by atoms with E-state index in [1.54, 1.807) is 18.2 Å². The van der Waals surface area contributed by atoms with Crippen LogP contribution >= 0.6 is 50.3 Å². The number of thiol groups is 1. The van der Waals surface area contributed by atoms with E-state index in [9.17, 15) is 5.11 Å². The highest BCUT2D eigenvalue weighted by Gasteiger charge is 2.04. The minimum absolute atomic E-state index is 0.167. The second-order valence-electron chi connectivity index (χ2n) is 3.82. The van der Waals surface area contributed by atoms with Crippen LogP contribution in [0, 0.1) is 0 Å². The fourth-order valence-electron chi connectivity index (χ4n) is 1.53. The molecule has 0 aromatic heterocycles. The summed E-state index contributed by atoms with van der Waals surface area (Å²) in [6, 6.07) is 10.7. The van der Waals surface area contributed by atoms with Gasteiger partial charge in [-0.2, -0.15) is 0 Å². The zero-order chi connectivity index (χ0) is 16.5. The van der Waals surface area contributed by atoms with Gasteiger partial charge in [-0.05, 0) is 43.0 Å². The first-order valence-electron chi connectivity index (χ1n) is 5.89. The Morgan fingerprint density at radius 2 is 1.36 bits per heavy atom. The summed E-state index contributed by atoms with van der Waals surface area (Å²) in [4.78, 5) is 0.861. The predicted octanol–water partition coefficient (Wildman–Crippen LogP) is 4.11. The van der Waals surface area contributed by atoms with Crippen LogP contribution in [-0.4, -0.2) is 5.11 Å². The molecule has 0 aliphatic heterocycles. The lowest BCUT2D eigenvalue weighted by Gasteiger charge is -2.08. The van der Waals surface area contributed by atoms with E-state index in [-0.39, 0.29) is 5.75 Å². The topological polar surface area (TPSA) is 62.8 Å². The number of rotatable bonds is 4. The summed E-state index contributed by atoms with van der Waals surface area (Å²) in [7, 11) is 9.01. The molecule has 0 saturated heterocycles. The van der Waals surface area contributed by atoms with E-state index >= 15 is 0 Å². The number of anilines is 2. The molecule has 22 heavy (non-hydrogen) atoms. The number of aromatic hydroxyl groups is 1. The summed E-state index contributed by atoms with van der Waals surface area (Å²) < 4.78 is 9.91. The second-order valence-corrected chi connectivity index (χ2v) is 5.36. The molecule has 0 heterocycles. The maximum absolute atomic E-state index is 9.26. The Kier molecular flexibility index (Phi) is 9.17. The first-order chi connectivity index (χ1) is 10.6. The number of nitrogens with one attached hydrogen (secondary N) is 2. The molecule has 10 heteroatoms. The predicted molar refractivity (Wildman–Crippen MR) is 109 cm³/mol. The third-order valence-electron chi connectivity index (χ3n) is 2.55. The van der Waals surface area contributed by atoms with Gasteiger partial charge in [0.15, 0.2) is 0 Å². The fraction of sp³-hybridized carbons (Fsp3) is 0. The molecule has 0 saturated carbocycles. The van der Waals surface area contributed by atoms with Crippen molar-refractivity contribution in [2.75, 3.05) is 10.2 Å². The monoisotopic (exact) mass is 394 g/mol. The Morgan fingerprint density at radius 3 is 1.77 bits per heavy atom. The van der Waals surface area contributed by atoms with Crippen molar-refractivity contribution in [2.24, 2.45) is 0 Å². The standard InChI is InChI=1S/C6H9NO2P2.C6H9NOP2S/c8-4-2-1-3-5(9-11)6(4)7-10;9-7-6-4(8-10)2-1-3-5(6)11/h1-3,7-8H,10-11H2;1-3,7,11H,9-10H2. The minimum atomic E-state index is 0.167. The maximum Gasteiger partial charge on any atom is 0.149 e. The Balaban J connectivity index is 0.000000220. The maximum atomic E-state index is 9.26. The van der Waals surface area contributed by atoms with Crippen LogP contribution in [0.2, 0.25) is 0 Å². The summed E-state index contributed by atoms with van der Waals surface area (Å²) in [5.74, 6) is 1.52. The summed E-state index contributed by atoms with van der Waals surface area (Å²) >= 11 is 4.24. The van der Waals surface area contributed by atoms with Crippen LogP contribution in [0.15, 0.2) is 41.3 Å². The largest absolute Gasteiger partial charge is 0.506 e. The van der Waals surface area contributed by atoms with Gasteiger partial charge in [-0.3, -0.25) is 0 Å². The molecule has 2 rings (SSSR count).